The summed E-state index contributed by atoms with van der Waals surface area (Å²) >= 11 is 5.08. The molecule has 0 saturated carbocycles. The summed E-state index contributed by atoms with van der Waals surface area (Å²) in [6, 6.07) is 7.66. The Hall–Kier alpha value is -2.21. The highest BCUT2D eigenvalue weighted by atomic mass is 32.1. The van der Waals surface area contributed by atoms with Gasteiger partial charge in [0.2, 0.25) is 5.91 Å². The van der Waals surface area contributed by atoms with Crippen LogP contribution in [0.5, 0.6) is 0 Å². The summed E-state index contributed by atoms with van der Waals surface area (Å²) in [5, 5.41) is 4.16. The van der Waals surface area contributed by atoms with Gasteiger partial charge in [0.25, 0.3) is 0 Å². The van der Waals surface area contributed by atoms with Gasteiger partial charge in [0.1, 0.15) is 4.99 Å². The molecule has 0 unspecified atom stereocenters. The number of nitrogens with one attached hydrogen (secondary N) is 1. The lowest BCUT2D eigenvalue weighted by Crippen LogP contribution is -2.37. The second-order valence-corrected chi connectivity index (χ2v) is 5.97. The van der Waals surface area contributed by atoms with E-state index in [0.29, 0.717) is 12.1 Å². The van der Waals surface area contributed by atoms with Crippen molar-refractivity contribution < 1.29 is 4.79 Å². The van der Waals surface area contributed by atoms with Gasteiger partial charge in [-0.1, -0.05) is 30.4 Å². The van der Waals surface area contributed by atoms with Crippen molar-refractivity contribution in [3.63, 3.8) is 0 Å². The number of carbonyl (C=O) groups is 1. The van der Waals surface area contributed by atoms with Crippen LogP contribution in [0.3, 0.4) is 0 Å². The fraction of sp³-hybridized carbons (Fsp3) is 0.267. The minimum atomic E-state index is -0.683. The van der Waals surface area contributed by atoms with Gasteiger partial charge in [0.15, 0.2) is 0 Å². The maximum atomic E-state index is 11.4. The molecule has 1 amide bonds. The van der Waals surface area contributed by atoms with E-state index in [1.165, 1.54) is 0 Å². The smallest absolute Gasteiger partial charge is 0.224 e. The van der Waals surface area contributed by atoms with Crippen molar-refractivity contribution in [2.45, 2.75) is 13.8 Å². The van der Waals surface area contributed by atoms with Crippen LogP contribution in [0.1, 0.15) is 19.4 Å². The summed E-state index contributed by atoms with van der Waals surface area (Å²) in [5.74, 6) is -0.370. The number of anilines is 1. The number of benzene rings is 1. The molecule has 110 valence electrons. The molecule has 0 atom stereocenters. The minimum Gasteiger partial charge on any atom is -0.389 e. The number of carbonyl (C=O) groups excluding carboxylic acids is 1. The summed E-state index contributed by atoms with van der Waals surface area (Å²) in [6.45, 7) is 3.95. The van der Waals surface area contributed by atoms with Gasteiger partial charge in [-0.05, 0) is 19.9 Å². The molecule has 1 aromatic heterocycles. The highest BCUT2D eigenvalue weighted by molar-refractivity contribution is 7.80. The second-order valence-electron chi connectivity index (χ2n) is 5.53. The Morgan fingerprint density at radius 1 is 1.33 bits per heavy atom. The molecule has 1 heterocycles. The number of primary amides is 1. The summed E-state index contributed by atoms with van der Waals surface area (Å²) in [5.41, 5.74) is 12.8. The van der Waals surface area contributed by atoms with Crippen LogP contribution in [0.4, 0.5) is 5.69 Å². The van der Waals surface area contributed by atoms with Crippen molar-refractivity contribution in [1.29, 1.82) is 0 Å². The quantitative estimate of drug-likeness (QED) is 0.732. The van der Waals surface area contributed by atoms with Crippen molar-refractivity contribution in [2.24, 2.45) is 16.9 Å². The van der Waals surface area contributed by atoms with Crippen LogP contribution in [0, 0.1) is 5.41 Å². The zero-order chi connectivity index (χ0) is 15.6. The third kappa shape index (κ3) is 3.11. The lowest BCUT2D eigenvalue weighted by molar-refractivity contribution is -0.125. The molecule has 0 spiro atoms. The van der Waals surface area contributed by atoms with E-state index in [1.54, 1.807) is 20.0 Å². The molecule has 0 saturated heterocycles. The molecule has 0 aliphatic rings. The van der Waals surface area contributed by atoms with Crippen LogP contribution in [0.2, 0.25) is 0 Å². The molecular formula is C15H18N4OS. The Bertz CT molecular complexity index is 712. The van der Waals surface area contributed by atoms with Crippen molar-refractivity contribution in [2.75, 3.05) is 11.9 Å². The van der Waals surface area contributed by atoms with Crippen molar-refractivity contribution in [3.8, 4) is 0 Å². The second kappa shape index (κ2) is 5.65. The zero-order valence-electron chi connectivity index (χ0n) is 12.0. The Morgan fingerprint density at radius 3 is 2.62 bits per heavy atom. The van der Waals surface area contributed by atoms with Gasteiger partial charge in [-0.25, -0.2) is 0 Å². The number of nitrogens with two attached hydrogens (primary N) is 2. The number of aromatic nitrogens is 1. The molecule has 0 fully saturated rings. The first kappa shape index (κ1) is 15.2. The number of hydrogen-bond donors (Lipinski definition) is 3. The van der Waals surface area contributed by atoms with E-state index in [0.717, 1.165) is 16.6 Å². The van der Waals surface area contributed by atoms with E-state index in [4.69, 9.17) is 23.7 Å². The van der Waals surface area contributed by atoms with Crippen LogP contribution in [-0.4, -0.2) is 22.4 Å². The Balaban J connectivity index is 2.47. The monoisotopic (exact) mass is 302 g/mol. The molecule has 5 N–H and O–H groups in total. The molecule has 0 bridgehead atoms. The lowest BCUT2D eigenvalue weighted by atomic mass is 9.92. The number of thiocarbonyl (C=S) groups is 1. The van der Waals surface area contributed by atoms with E-state index in [9.17, 15) is 4.79 Å². The molecule has 1 aromatic carbocycles. The molecule has 21 heavy (non-hydrogen) atoms. The number of rotatable bonds is 5. The van der Waals surface area contributed by atoms with Gasteiger partial charge in [-0.2, -0.15) is 0 Å². The topological polar surface area (TPSA) is 94.0 Å². The first-order valence-electron chi connectivity index (χ1n) is 6.54. The van der Waals surface area contributed by atoms with E-state index in [-0.39, 0.29) is 10.9 Å². The van der Waals surface area contributed by atoms with Gasteiger partial charge >= 0.3 is 0 Å². The van der Waals surface area contributed by atoms with Crippen molar-refractivity contribution in [1.82, 2.24) is 4.98 Å². The van der Waals surface area contributed by atoms with Gasteiger partial charge < -0.3 is 16.8 Å². The molecule has 0 aliphatic carbocycles. The Morgan fingerprint density at radius 2 is 2.00 bits per heavy atom. The molecule has 6 heteroatoms. The van der Waals surface area contributed by atoms with Crippen LogP contribution in [-0.2, 0) is 4.79 Å². The highest BCUT2D eigenvalue weighted by Crippen LogP contribution is 2.27. The molecule has 2 rings (SSSR count). The van der Waals surface area contributed by atoms with Crippen molar-refractivity contribution >= 4 is 39.7 Å². The molecular weight excluding hydrogens is 284 g/mol. The van der Waals surface area contributed by atoms with E-state index < -0.39 is 5.41 Å². The summed E-state index contributed by atoms with van der Waals surface area (Å²) < 4.78 is 0. The number of para-hydroxylation sites is 1. The SMILES string of the molecule is CC(C)(CNc1c(C(N)=S)cnc2ccccc12)C(N)=O. The summed E-state index contributed by atoms with van der Waals surface area (Å²) in [6.07, 6.45) is 1.64. The number of hydrogen-bond acceptors (Lipinski definition) is 4. The van der Waals surface area contributed by atoms with E-state index >= 15 is 0 Å². The maximum absolute atomic E-state index is 11.4. The Kier molecular flexibility index (Phi) is 4.09. The third-order valence-electron chi connectivity index (χ3n) is 3.42. The predicted octanol–water partition coefficient (Wildman–Crippen LogP) is 1.79. The average molecular weight is 302 g/mol. The van der Waals surface area contributed by atoms with Gasteiger partial charge in [0.05, 0.1) is 22.2 Å². The molecule has 0 aliphatic heterocycles. The maximum Gasteiger partial charge on any atom is 0.224 e. The van der Waals surface area contributed by atoms with E-state index in [1.807, 2.05) is 24.3 Å². The summed E-state index contributed by atoms with van der Waals surface area (Å²) in [7, 11) is 0. The van der Waals surface area contributed by atoms with Crippen molar-refractivity contribution in [3.05, 3.63) is 36.0 Å². The van der Waals surface area contributed by atoms with Gasteiger partial charge in [-0.15, -0.1) is 0 Å². The standard InChI is InChI=1S/C15H18N4OS/c1-15(2,14(17)20)8-19-12-9-5-3-4-6-11(9)18-7-10(12)13(16)21/h3-7H,8H2,1-2H3,(H2,16,21)(H2,17,20)(H,18,19). The fourth-order valence-corrected chi connectivity index (χ4v) is 2.07. The normalized spacial score (nSPS) is 11.3. The van der Waals surface area contributed by atoms with Crippen LogP contribution < -0.4 is 16.8 Å². The highest BCUT2D eigenvalue weighted by Gasteiger charge is 2.25. The molecule has 5 nitrogen and oxygen atoms in total. The van der Waals surface area contributed by atoms with Gasteiger partial charge in [0, 0.05) is 18.1 Å². The number of amides is 1. The first-order valence-corrected chi connectivity index (χ1v) is 6.95. The number of fused-ring (bicyclic) bond motifs is 1. The fourth-order valence-electron chi connectivity index (χ4n) is 1.92. The molecule has 0 radical (unpaired) electrons. The van der Waals surface area contributed by atoms with Crippen LogP contribution >= 0.6 is 12.2 Å². The lowest BCUT2D eigenvalue weighted by Gasteiger charge is -2.23. The Labute approximate surface area is 128 Å². The molecule has 2 aromatic rings. The average Bonchev–Trinajstić information content (AvgIpc) is 2.44. The number of pyridine rings is 1. The first-order chi connectivity index (χ1) is 9.83. The van der Waals surface area contributed by atoms with Crippen LogP contribution in [0.15, 0.2) is 30.5 Å². The minimum absolute atomic E-state index is 0.257. The zero-order valence-corrected chi connectivity index (χ0v) is 12.8. The van der Waals surface area contributed by atoms with E-state index in [2.05, 4.69) is 10.3 Å². The van der Waals surface area contributed by atoms with Crippen LogP contribution in [0.25, 0.3) is 10.9 Å². The van der Waals surface area contributed by atoms with Gasteiger partial charge in [-0.3, -0.25) is 9.78 Å². The predicted molar refractivity (Wildman–Crippen MR) is 89.1 cm³/mol. The third-order valence-corrected chi connectivity index (χ3v) is 3.63. The summed E-state index contributed by atoms with van der Waals surface area (Å²) in [4.78, 5) is 16.0. The number of nitrogens with zero attached hydrogens (tertiary/aromatic N) is 1. The largest absolute Gasteiger partial charge is 0.389 e.